The van der Waals surface area contributed by atoms with Crippen molar-refractivity contribution in [3.63, 3.8) is 0 Å². The summed E-state index contributed by atoms with van der Waals surface area (Å²) >= 11 is 3.48. The van der Waals surface area contributed by atoms with Crippen LogP contribution >= 0.6 is 23.1 Å². The monoisotopic (exact) mass is 322 g/mol. The highest BCUT2D eigenvalue weighted by atomic mass is 32.2. The van der Waals surface area contributed by atoms with E-state index in [0.29, 0.717) is 6.54 Å². The van der Waals surface area contributed by atoms with Crippen molar-refractivity contribution in [1.82, 2.24) is 9.55 Å². The molecule has 114 valence electrons. The predicted octanol–water partition coefficient (Wildman–Crippen LogP) is 4.25. The number of rotatable bonds is 5. The third kappa shape index (κ3) is 2.78. The van der Waals surface area contributed by atoms with Gasteiger partial charge in [-0.2, -0.15) is 0 Å². The van der Waals surface area contributed by atoms with E-state index in [1.165, 1.54) is 36.1 Å². The molecule has 0 aliphatic heterocycles. The Morgan fingerprint density at radius 2 is 2.10 bits per heavy atom. The first-order valence-electron chi connectivity index (χ1n) is 7.94. The van der Waals surface area contributed by atoms with Crippen molar-refractivity contribution in [3.8, 4) is 0 Å². The molecular formula is C16H22N2OS2. The molecular weight excluding hydrogens is 300 g/mol. The molecule has 0 spiro atoms. The fourth-order valence-corrected chi connectivity index (χ4v) is 5.37. The van der Waals surface area contributed by atoms with Crippen LogP contribution in [0.5, 0.6) is 0 Å². The van der Waals surface area contributed by atoms with Crippen LogP contribution in [-0.4, -0.2) is 15.3 Å². The predicted molar refractivity (Wildman–Crippen MR) is 91.8 cm³/mol. The van der Waals surface area contributed by atoms with Crippen LogP contribution < -0.4 is 5.56 Å². The number of hydrogen-bond donors (Lipinski definition) is 0. The van der Waals surface area contributed by atoms with Gasteiger partial charge < -0.3 is 0 Å². The first-order chi connectivity index (χ1) is 10.3. The Balaban J connectivity index is 2.11. The van der Waals surface area contributed by atoms with E-state index >= 15 is 0 Å². The quantitative estimate of drug-likeness (QED) is 0.469. The molecule has 0 saturated carbocycles. The fourth-order valence-electron chi connectivity index (χ4n) is 2.92. The van der Waals surface area contributed by atoms with Gasteiger partial charge in [-0.05, 0) is 44.6 Å². The van der Waals surface area contributed by atoms with Gasteiger partial charge in [0.05, 0.1) is 5.39 Å². The summed E-state index contributed by atoms with van der Waals surface area (Å²) in [5.41, 5.74) is 1.48. The maximum Gasteiger partial charge on any atom is 0.263 e. The smallest absolute Gasteiger partial charge is 0.263 e. The molecule has 3 nitrogen and oxygen atoms in total. The first kappa shape index (κ1) is 15.1. The molecule has 1 aliphatic rings. The van der Waals surface area contributed by atoms with Gasteiger partial charge in [-0.25, -0.2) is 4.98 Å². The van der Waals surface area contributed by atoms with Gasteiger partial charge in [0.1, 0.15) is 4.83 Å². The normalized spacial score (nSPS) is 14.6. The lowest BCUT2D eigenvalue weighted by Crippen LogP contribution is -2.23. The standard InChI is InChI=1S/C16H22N2OS2/c1-3-5-10-20-16-17-14-13(15(19)18(16)4-2)11-8-6-7-9-12(11)21-14/h3-10H2,1-2H3. The first-order valence-corrected chi connectivity index (χ1v) is 9.74. The van der Waals surface area contributed by atoms with E-state index in [9.17, 15) is 4.79 Å². The van der Waals surface area contributed by atoms with Crippen molar-refractivity contribution in [2.45, 2.75) is 64.1 Å². The maximum absolute atomic E-state index is 12.9. The number of unbranched alkanes of at least 4 members (excludes halogenated alkanes) is 1. The molecule has 0 radical (unpaired) electrons. The van der Waals surface area contributed by atoms with Crippen LogP contribution in [0, 0.1) is 0 Å². The number of thioether (sulfide) groups is 1. The molecule has 2 aromatic rings. The number of hydrogen-bond acceptors (Lipinski definition) is 4. The van der Waals surface area contributed by atoms with Crippen LogP contribution in [0.1, 0.15) is 50.0 Å². The van der Waals surface area contributed by atoms with E-state index in [1.54, 1.807) is 23.1 Å². The number of aromatic nitrogens is 2. The van der Waals surface area contributed by atoms with Crippen LogP contribution in [-0.2, 0) is 19.4 Å². The van der Waals surface area contributed by atoms with Crippen molar-refractivity contribution >= 4 is 33.3 Å². The topological polar surface area (TPSA) is 34.9 Å². The zero-order valence-electron chi connectivity index (χ0n) is 12.8. The van der Waals surface area contributed by atoms with Crippen molar-refractivity contribution in [3.05, 3.63) is 20.8 Å². The number of aryl methyl sites for hydroxylation is 2. The van der Waals surface area contributed by atoms with E-state index in [4.69, 9.17) is 4.98 Å². The third-order valence-corrected chi connectivity index (χ3v) is 6.33. The largest absolute Gasteiger partial charge is 0.287 e. The third-order valence-electron chi connectivity index (χ3n) is 4.09. The summed E-state index contributed by atoms with van der Waals surface area (Å²) in [5, 5.41) is 1.82. The van der Waals surface area contributed by atoms with E-state index in [0.717, 1.165) is 34.0 Å². The van der Waals surface area contributed by atoms with Gasteiger partial charge in [-0.1, -0.05) is 25.1 Å². The molecule has 21 heavy (non-hydrogen) atoms. The van der Waals surface area contributed by atoms with Gasteiger partial charge in [-0.15, -0.1) is 11.3 Å². The van der Waals surface area contributed by atoms with Crippen LogP contribution in [0.3, 0.4) is 0 Å². The minimum atomic E-state index is 0.181. The second-order valence-electron chi connectivity index (χ2n) is 5.54. The SMILES string of the molecule is CCCCSc1nc2sc3c(c2c(=O)n1CC)CCCC3. The molecule has 2 heterocycles. The van der Waals surface area contributed by atoms with Gasteiger partial charge in [-0.3, -0.25) is 9.36 Å². The van der Waals surface area contributed by atoms with Crippen LogP contribution in [0.25, 0.3) is 10.2 Å². The molecule has 0 unspecified atom stereocenters. The average Bonchev–Trinajstić information content (AvgIpc) is 2.86. The summed E-state index contributed by atoms with van der Waals surface area (Å²) in [4.78, 5) is 20.1. The van der Waals surface area contributed by atoms with E-state index in [-0.39, 0.29) is 5.56 Å². The molecule has 0 N–H and O–H groups in total. The fraction of sp³-hybridized carbons (Fsp3) is 0.625. The zero-order chi connectivity index (χ0) is 14.8. The van der Waals surface area contributed by atoms with Crippen LogP contribution in [0.15, 0.2) is 9.95 Å². The molecule has 1 aliphatic carbocycles. The van der Waals surface area contributed by atoms with Gasteiger partial charge in [0, 0.05) is 17.2 Å². The van der Waals surface area contributed by atoms with Gasteiger partial charge >= 0.3 is 0 Å². The van der Waals surface area contributed by atoms with Crippen molar-refractivity contribution in [2.24, 2.45) is 0 Å². The lowest BCUT2D eigenvalue weighted by molar-refractivity contribution is 0.633. The molecule has 3 rings (SSSR count). The Morgan fingerprint density at radius 1 is 1.29 bits per heavy atom. The van der Waals surface area contributed by atoms with Gasteiger partial charge in [0.25, 0.3) is 5.56 Å². The molecule has 0 saturated heterocycles. The molecule has 2 aromatic heterocycles. The maximum atomic E-state index is 12.9. The highest BCUT2D eigenvalue weighted by Crippen LogP contribution is 2.34. The van der Waals surface area contributed by atoms with Crippen molar-refractivity contribution in [2.75, 3.05) is 5.75 Å². The Kier molecular flexibility index (Phi) is 4.69. The summed E-state index contributed by atoms with van der Waals surface area (Å²) in [6.45, 7) is 4.94. The number of nitrogens with zero attached hydrogens (tertiary/aromatic N) is 2. The molecule has 0 bridgehead atoms. The van der Waals surface area contributed by atoms with Gasteiger partial charge in [0.15, 0.2) is 5.16 Å². The number of thiophene rings is 1. The van der Waals surface area contributed by atoms with Crippen molar-refractivity contribution in [1.29, 1.82) is 0 Å². The van der Waals surface area contributed by atoms with Crippen molar-refractivity contribution < 1.29 is 0 Å². The Hall–Kier alpha value is -0.810. The lowest BCUT2D eigenvalue weighted by Gasteiger charge is -2.12. The summed E-state index contributed by atoms with van der Waals surface area (Å²) < 4.78 is 1.87. The van der Waals surface area contributed by atoms with E-state index in [2.05, 4.69) is 6.92 Å². The molecule has 5 heteroatoms. The van der Waals surface area contributed by atoms with Crippen LogP contribution in [0.2, 0.25) is 0 Å². The minimum Gasteiger partial charge on any atom is -0.287 e. The number of fused-ring (bicyclic) bond motifs is 3. The highest BCUT2D eigenvalue weighted by molar-refractivity contribution is 7.99. The average molecular weight is 322 g/mol. The molecule has 0 amide bonds. The van der Waals surface area contributed by atoms with Crippen LogP contribution in [0.4, 0.5) is 0 Å². The Morgan fingerprint density at radius 3 is 2.86 bits per heavy atom. The van der Waals surface area contributed by atoms with E-state index < -0.39 is 0 Å². The summed E-state index contributed by atoms with van der Waals surface area (Å²) in [6, 6.07) is 0. The lowest BCUT2D eigenvalue weighted by atomic mass is 9.97. The Bertz CT molecular complexity index is 702. The zero-order valence-corrected chi connectivity index (χ0v) is 14.4. The molecule has 0 atom stereocenters. The second-order valence-corrected chi connectivity index (χ2v) is 7.68. The molecule has 0 fully saturated rings. The van der Waals surface area contributed by atoms with Gasteiger partial charge in [0.2, 0.25) is 0 Å². The summed E-state index contributed by atoms with van der Waals surface area (Å²) in [6.07, 6.45) is 6.98. The Labute approximate surface area is 133 Å². The summed E-state index contributed by atoms with van der Waals surface area (Å²) in [5.74, 6) is 1.04. The van der Waals surface area contributed by atoms with E-state index in [1.807, 2.05) is 11.5 Å². The minimum absolute atomic E-state index is 0.181. The highest BCUT2D eigenvalue weighted by Gasteiger charge is 2.21. The summed E-state index contributed by atoms with van der Waals surface area (Å²) in [7, 11) is 0. The molecule has 0 aromatic carbocycles. The second kappa shape index (κ2) is 6.53.